The van der Waals surface area contributed by atoms with Gasteiger partial charge in [0.1, 0.15) is 5.82 Å². The smallest absolute Gasteiger partial charge is 0.138 e. The van der Waals surface area contributed by atoms with Gasteiger partial charge in [0.15, 0.2) is 0 Å². The molecule has 0 bridgehead atoms. The lowest BCUT2D eigenvalue weighted by Gasteiger charge is -2.19. The van der Waals surface area contributed by atoms with Crippen molar-refractivity contribution in [2.75, 3.05) is 4.72 Å². The molecule has 0 atom stereocenters. The molecule has 3 heterocycles. The summed E-state index contributed by atoms with van der Waals surface area (Å²) in [5.74, 6) is 0.863. The number of halogens is 1. The molecule has 0 saturated carbocycles. The molecular weight excluding hydrogens is 402 g/mol. The molecule has 4 aromatic rings. The van der Waals surface area contributed by atoms with Crippen LogP contribution in [0.1, 0.15) is 32.0 Å². The van der Waals surface area contributed by atoms with Crippen LogP contribution in [0.4, 0.5) is 5.82 Å². The minimum Gasteiger partial charge on any atom is -0.310 e. The van der Waals surface area contributed by atoms with Gasteiger partial charge in [0.2, 0.25) is 0 Å². The Morgan fingerprint density at radius 1 is 1.07 bits per heavy atom. The topological polar surface area (TPSA) is 47.1 Å². The highest BCUT2D eigenvalue weighted by molar-refractivity contribution is 8.00. The summed E-state index contributed by atoms with van der Waals surface area (Å²) in [6.45, 7) is 8.69. The van der Waals surface area contributed by atoms with E-state index in [1.165, 1.54) is 5.56 Å². The fourth-order valence-corrected chi connectivity index (χ4v) is 3.98. The summed E-state index contributed by atoms with van der Waals surface area (Å²) in [5.41, 5.74) is 5.25. The summed E-state index contributed by atoms with van der Waals surface area (Å²) in [4.78, 5) is 1.14. The van der Waals surface area contributed by atoms with E-state index in [1.807, 2.05) is 47.6 Å². The molecule has 0 spiro atoms. The number of rotatable bonds is 4. The summed E-state index contributed by atoms with van der Waals surface area (Å²) in [5, 5.41) is 9.76. The third-order valence-electron chi connectivity index (χ3n) is 5.07. The molecule has 1 N–H and O–H groups in total. The molecule has 0 unspecified atom stereocenters. The van der Waals surface area contributed by atoms with Gasteiger partial charge < -0.3 is 4.72 Å². The second-order valence-electron chi connectivity index (χ2n) is 8.14. The normalized spacial score (nSPS) is 11.9. The zero-order chi connectivity index (χ0) is 20.8. The molecule has 0 radical (unpaired) electrons. The van der Waals surface area contributed by atoms with Gasteiger partial charge in [-0.05, 0) is 60.2 Å². The highest BCUT2D eigenvalue weighted by atomic mass is 35.5. The maximum Gasteiger partial charge on any atom is 0.138 e. The lowest BCUT2D eigenvalue weighted by atomic mass is 9.87. The van der Waals surface area contributed by atoms with E-state index in [0.717, 1.165) is 33.2 Å². The maximum atomic E-state index is 6.44. The average molecular weight is 426 g/mol. The first-order valence-corrected chi connectivity index (χ1v) is 10.6. The van der Waals surface area contributed by atoms with Crippen LogP contribution in [-0.2, 0) is 12.5 Å². The third kappa shape index (κ3) is 3.87. The van der Waals surface area contributed by atoms with Crippen LogP contribution in [0.3, 0.4) is 0 Å². The number of hydrogen-bond acceptors (Lipinski definition) is 4. The molecule has 4 rings (SSSR count). The molecule has 7 heteroatoms. The second kappa shape index (κ2) is 7.43. The predicted octanol–water partition coefficient (Wildman–Crippen LogP) is 6.11. The summed E-state index contributed by atoms with van der Waals surface area (Å²) in [6, 6.07) is 14.5. The molecule has 150 valence electrons. The van der Waals surface area contributed by atoms with Crippen molar-refractivity contribution in [2.45, 2.75) is 38.0 Å². The van der Waals surface area contributed by atoms with Crippen molar-refractivity contribution in [1.29, 1.82) is 0 Å². The highest BCUT2D eigenvalue weighted by Crippen LogP contribution is 2.31. The van der Waals surface area contributed by atoms with Crippen molar-refractivity contribution in [2.24, 2.45) is 7.05 Å². The third-order valence-corrected chi connectivity index (χ3v) is 6.21. The Labute approximate surface area is 180 Å². The zero-order valence-corrected chi connectivity index (χ0v) is 18.8. The molecule has 5 nitrogen and oxygen atoms in total. The predicted molar refractivity (Wildman–Crippen MR) is 122 cm³/mol. The van der Waals surface area contributed by atoms with Crippen molar-refractivity contribution in [3.63, 3.8) is 0 Å². The van der Waals surface area contributed by atoms with Gasteiger partial charge in [-0.2, -0.15) is 10.2 Å². The monoisotopic (exact) mass is 425 g/mol. The van der Waals surface area contributed by atoms with Gasteiger partial charge in [-0.15, -0.1) is 0 Å². The Balaban J connectivity index is 1.62. The quantitative estimate of drug-likeness (QED) is 0.400. The zero-order valence-electron chi connectivity index (χ0n) is 17.2. The van der Waals surface area contributed by atoms with E-state index in [-0.39, 0.29) is 5.41 Å². The van der Waals surface area contributed by atoms with Crippen LogP contribution in [0.5, 0.6) is 0 Å². The van der Waals surface area contributed by atoms with E-state index < -0.39 is 0 Å². The molecule has 29 heavy (non-hydrogen) atoms. The van der Waals surface area contributed by atoms with Crippen molar-refractivity contribution in [1.82, 2.24) is 19.4 Å². The minimum absolute atomic E-state index is 0.148. The van der Waals surface area contributed by atoms with Gasteiger partial charge in [0, 0.05) is 23.2 Å². The number of nitrogens with one attached hydrogen (secondary N) is 1. The van der Waals surface area contributed by atoms with Crippen LogP contribution in [0, 0.1) is 6.92 Å². The van der Waals surface area contributed by atoms with Gasteiger partial charge in [0.05, 0.1) is 22.4 Å². The number of aryl methyl sites for hydroxylation is 1. The summed E-state index contributed by atoms with van der Waals surface area (Å²) in [6.07, 6.45) is 1.84. The number of aromatic nitrogens is 4. The number of benzene rings is 1. The largest absolute Gasteiger partial charge is 0.310 e. The molecule has 0 aliphatic carbocycles. The molecule has 0 fully saturated rings. The van der Waals surface area contributed by atoms with Crippen LogP contribution in [0.25, 0.3) is 16.8 Å². The average Bonchev–Trinajstić information content (AvgIpc) is 3.26. The maximum absolute atomic E-state index is 6.44. The fraction of sp³-hybridized carbons (Fsp3) is 0.273. The minimum atomic E-state index is 0.148. The number of anilines is 1. The Morgan fingerprint density at radius 2 is 1.79 bits per heavy atom. The van der Waals surface area contributed by atoms with Crippen LogP contribution in [0.15, 0.2) is 53.6 Å². The standard InChI is InChI=1S/C22H24ClN5S/c1-14-17(13-24-27(14)5)19-12-20-18(23)10-11-21(28(20)25-19)26-29-16-8-6-15(7-9-16)22(2,3)4/h6-13,26H,1-5H3. The molecule has 0 aliphatic heterocycles. The van der Waals surface area contributed by atoms with Gasteiger partial charge >= 0.3 is 0 Å². The number of nitrogens with zero attached hydrogens (tertiary/aromatic N) is 4. The molecule has 1 aromatic carbocycles. The number of fused-ring (bicyclic) bond motifs is 1. The van der Waals surface area contributed by atoms with Crippen molar-refractivity contribution < 1.29 is 0 Å². The van der Waals surface area contributed by atoms with Gasteiger partial charge in [-0.1, -0.05) is 44.5 Å². The lowest BCUT2D eigenvalue weighted by molar-refractivity contribution is 0.590. The molecular formula is C22H24ClN5S. The van der Waals surface area contributed by atoms with E-state index >= 15 is 0 Å². The number of hydrogen-bond donors (Lipinski definition) is 1. The fourth-order valence-electron chi connectivity index (χ4n) is 3.14. The Kier molecular flexibility index (Phi) is 5.09. The molecule has 3 aromatic heterocycles. The first-order valence-electron chi connectivity index (χ1n) is 9.45. The Morgan fingerprint density at radius 3 is 2.41 bits per heavy atom. The Hall–Kier alpha value is -2.44. The van der Waals surface area contributed by atoms with Crippen molar-refractivity contribution in [3.8, 4) is 11.3 Å². The number of pyridine rings is 1. The van der Waals surface area contributed by atoms with Gasteiger partial charge in [0.25, 0.3) is 0 Å². The highest BCUT2D eigenvalue weighted by Gasteiger charge is 2.15. The van der Waals surface area contributed by atoms with Crippen LogP contribution < -0.4 is 4.72 Å². The van der Waals surface area contributed by atoms with Crippen LogP contribution in [-0.4, -0.2) is 19.4 Å². The van der Waals surface area contributed by atoms with E-state index in [1.54, 1.807) is 11.9 Å². The molecule has 0 amide bonds. The van der Waals surface area contributed by atoms with Crippen LogP contribution >= 0.6 is 23.5 Å². The summed E-state index contributed by atoms with van der Waals surface area (Å²) in [7, 11) is 1.93. The summed E-state index contributed by atoms with van der Waals surface area (Å²) >= 11 is 7.99. The SMILES string of the molecule is Cc1c(-c2cc3c(Cl)ccc(NSc4ccc(C(C)(C)C)cc4)n3n2)cnn1C. The second-order valence-corrected chi connectivity index (χ2v) is 9.43. The van der Waals surface area contributed by atoms with E-state index in [0.29, 0.717) is 5.02 Å². The lowest BCUT2D eigenvalue weighted by Crippen LogP contribution is -2.10. The van der Waals surface area contributed by atoms with E-state index in [9.17, 15) is 0 Å². The molecule has 0 aliphatic rings. The van der Waals surface area contributed by atoms with Gasteiger partial charge in [-0.3, -0.25) is 4.68 Å². The van der Waals surface area contributed by atoms with E-state index in [4.69, 9.17) is 16.7 Å². The van der Waals surface area contributed by atoms with Crippen molar-refractivity contribution in [3.05, 3.63) is 64.9 Å². The van der Waals surface area contributed by atoms with E-state index in [2.05, 4.69) is 54.9 Å². The summed E-state index contributed by atoms with van der Waals surface area (Å²) < 4.78 is 7.10. The Bertz CT molecular complexity index is 1170. The van der Waals surface area contributed by atoms with Crippen molar-refractivity contribution >= 4 is 34.9 Å². The molecule has 0 saturated heterocycles. The van der Waals surface area contributed by atoms with Crippen LogP contribution in [0.2, 0.25) is 5.02 Å². The first-order chi connectivity index (χ1) is 13.7. The van der Waals surface area contributed by atoms with Gasteiger partial charge in [-0.25, -0.2) is 4.52 Å². The first kappa shape index (κ1) is 19.9.